The molecule has 6 aromatic rings. The third-order valence-corrected chi connectivity index (χ3v) is 7.81. The zero-order chi connectivity index (χ0) is 26.4. The minimum Gasteiger partial charge on any atom is -0.301 e. The Morgan fingerprint density at radius 1 is 0.795 bits per heavy atom. The number of anilines is 1. The van der Waals surface area contributed by atoms with E-state index in [1.807, 2.05) is 95.6 Å². The summed E-state index contributed by atoms with van der Waals surface area (Å²) in [4.78, 5) is 23.1. The molecular formula is C30H22N6OS2. The number of nitrogens with zero attached hydrogens (tertiary/aromatic N) is 5. The molecule has 3 aromatic carbocycles. The first kappa shape index (κ1) is 24.7. The predicted molar refractivity (Wildman–Crippen MR) is 157 cm³/mol. The van der Waals surface area contributed by atoms with Crippen molar-refractivity contribution < 1.29 is 4.79 Å². The Labute approximate surface area is 233 Å². The molecule has 1 amide bonds. The third-order valence-electron chi connectivity index (χ3n) is 5.86. The van der Waals surface area contributed by atoms with Crippen LogP contribution in [0.15, 0.2) is 121 Å². The molecule has 0 aliphatic rings. The highest BCUT2D eigenvalue weighted by molar-refractivity contribution is 7.99. The molecule has 0 saturated carbocycles. The average molecular weight is 547 g/mol. The van der Waals surface area contributed by atoms with E-state index in [1.54, 1.807) is 12.4 Å². The van der Waals surface area contributed by atoms with E-state index in [0.717, 1.165) is 32.9 Å². The van der Waals surface area contributed by atoms with Gasteiger partial charge >= 0.3 is 0 Å². The van der Waals surface area contributed by atoms with Gasteiger partial charge in [0.25, 0.3) is 0 Å². The van der Waals surface area contributed by atoms with Crippen LogP contribution in [-0.2, 0) is 4.79 Å². The maximum atomic E-state index is 13.1. The fourth-order valence-electron chi connectivity index (χ4n) is 4.09. The summed E-state index contributed by atoms with van der Waals surface area (Å²) in [7, 11) is 0. The molecule has 9 heteroatoms. The predicted octanol–water partition coefficient (Wildman–Crippen LogP) is 6.85. The summed E-state index contributed by atoms with van der Waals surface area (Å²) in [5, 5.41) is 13.0. The van der Waals surface area contributed by atoms with Crippen LogP contribution in [0.5, 0.6) is 0 Å². The molecule has 0 fully saturated rings. The number of para-hydroxylation sites is 1. The lowest BCUT2D eigenvalue weighted by Gasteiger charge is -2.10. The second-order valence-corrected chi connectivity index (χ2v) is 10.4. The van der Waals surface area contributed by atoms with Crippen molar-refractivity contribution in [1.82, 2.24) is 24.7 Å². The van der Waals surface area contributed by atoms with Crippen LogP contribution in [0.25, 0.3) is 38.8 Å². The van der Waals surface area contributed by atoms with Crippen molar-refractivity contribution in [3.05, 3.63) is 116 Å². The molecule has 7 nitrogen and oxygen atoms in total. The smallest absolute Gasteiger partial charge is 0.236 e. The molecule has 0 spiro atoms. The molecule has 0 unspecified atom stereocenters. The second kappa shape index (κ2) is 11.4. The van der Waals surface area contributed by atoms with Crippen molar-refractivity contribution >= 4 is 34.1 Å². The Hall–Kier alpha value is -4.60. The number of rotatable bonds is 8. The monoisotopic (exact) mass is 546 g/mol. The molecule has 0 saturated heterocycles. The van der Waals surface area contributed by atoms with Gasteiger partial charge in [0.15, 0.2) is 16.1 Å². The fourth-order valence-corrected chi connectivity index (χ4v) is 5.85. The summed E-state index contributed by atoms with van der Waals surface area (Å²) in [6, 6.07) is 33.7. The number of benzene rings is 3. The minimum atomic E-state index is -0.168. The van der Waals surface area contributed by atoms with E-state index in [4.69, 9.17) is 4.98 Å². The molecule has 3 heterocycles. The number of hydrogen-bond donors (Lipinski definition) is 1. The van der Waals surface area contributed by atoms with Crippen LogP contribution >= 0.6 is 23.1 Å². The zero-order valence-electron chi connectivity index (χ0n) is 20.6. The molecular weight excluding hydrogens is 525 g/mol. The Morgan fingerprint density at radius 3 is 2.15 bits per heavy atom. The highest BCUT2D eigenvalue weighted by Gasteiger charge is 2.19. The highest BCUT2D eigenvalue weighted by atomic mass is 32.2. The summed E-state index contributed by atoms with van der Waals surface area (Å²) in [6.07, 6.45) is 3.47. The van der Waals surface area contributed by atoms with Crippen LogP contribution < -0.4 is 5.32 Å². The number of nitrogens with one attached hydrogen (secondary N) is 1. The maximum Gasteiger partial charge on any atom is 0.236 e. The van der Waals surface area contributed by atoms with Gasteiger partial charge in [0, 0.05) is 29.2 Å². The van der Waals surface area contributed by atoms with E-state index < -0.39 is 0 Å². The van der Waals surface area contributed by atoms with Crippen molar-refractivity contribution in [3.63, 3.8) is 0 Å². The van der Waals surface area contributed by atoms with E-state index in [9.17, 15) is 4.79 Å². The van der Waals surface area contributed by atoms with Gasteiger partial charge in [0.05, 0.1) is 16.3 Å². The lowest BCUT2D eigenvalue weighted by atomic mass is 10.1. The number of thioether (sulfide) groups is 1. The van der Waals surface area contributed by atoms with E-state index in [-0.39, 0.29) is 11.7 Å². The summed E-state index contributed by atoms with van der Waals surface area (Å²) in [5.74, 6) is 0.648. The van der Waals surface area contributed by atoms with Crippen LogP contribution in [0.1, 0.15) is 0 Å². The Morgan fingerprint density at radius 2 is 1.46 bits per heavy atom. The van der Waals surface area contributed by atoms with Gasteiger partial charge in [0.1, 0.15) is 0 Å². The molecule has 190 valence electrons. The normalized spacial score (nSPS) is 10.9. The first-order valence-electron chi connectivity index (χ1n) is 12.2. The zero-order valence-corrected chi connectivity index (χ0v) is 22.3. The summed E-state index contributed by atoms with van der Waals surface area (Å²) < 4.78 is 1.94. The molecule has 0 atom stereocenters. The Kier molecular flexibility index (Phi) is 7.24. The van der Waals surface area contributed by atoms with Gasteiger partial charge in [-0.2, -0.15) is 0 Å². The standard InChI is InChI=1S/C30H22N6OS2/c37-25(32-29-33-26(21-11-4-1-5-12-21)27(39-29)22-13-6-2-7-14-22)20-38-30-35-34-28(23-15-10-18-31-19-23)36(30)24-16-8-3-9-17-24/h1-19H,20H2,(H,32,33,37). The van der Waals surface area contributed by atoms with Gasteiger partial charge in [-0.05, 0) is 29.8 Å². The molecule has 0 radical (unpaired) electrons. The van der Waals surface area contributed by atoms with Crippen LogP contribution in [0.4, 0.5) is 5.13 Å². The van der Waals surface area contributed by atoms with Gasteiger partial charge < -0.3 is 5.32 Å². The van der Waals surface area contributed by atoms with E-state index >= 15 is 0 Å². The SMILES string of the molecule is O=C(CSc1nnc(-c2cccnc2)n1-c1ccccc1)Nc1nc(-c2ccccc2)c(-c2ccccc2)s1. The van der Waals surface area contributed by atoms with Crippen LogP contribution in [0, 0.1) is 0 Å². The van der Waals surface area contributed by atoms with Crippen molar-refractivity contribution in [2.24, 2.45) is 0 Å². The second-order valence-electron chi connectivity index (χ2n) is 8.48. The van der Waals surface area contributed by atoms with E-state index in [2.05, 4.69) is 32.6 Å². The number of thiazole rings is 1. The number of carbonyl (C=O) groups excluding carboxylic acids is 1. The maximum absolute atomic E-state index is 13.1. The quantitative estimate of drug-likeness (QED) is 0.210. The number of carbonyl (C=O) groups is 1. The highest BCUT2D eigenvalue weighted by Crippen LogP contribution is 2.39. The van der Waals surface area contributed by atoms with Crippen molar-refractivity contribution in [2.45, 2.75) is 5.16 Å². The van der Waals surface area contributed by atoms with Crippen LogP contribution in [0.3, 0.4) is 0 Å². The van der Waals surface area contributed by atoms with Crippen molar-refractivity contribution in [1.29, 1.82) is 0 Å². The largest absolute Gasteiger partial charge is 0.301 e. The molecule has 0 aliphatic heterocycles. The van der Waals surface area contributed by atoms with Crippen molar-refractivity contribution in [3.8, 4) is 38.8 Å². The number of aromatic nitrogens is 5. The summed E-state index contributed by atoms with van der Waals surface area (Å²) in [6.45, 7) is 0. The van der Waals surface area contributed by atoms with Crippen LogP contribution in [-0.4, -0.2) is 36.4 Å². The lowest BCUT2D eigenvalue weighted by Crippen LogP contribution is -2.14. The molecule has 0 bridgehead atoms. The average Bonchev–Trinajstić information content (AvgIpc) is 3.62. The number of pyridine rings is 1. The lowest BCUT2D eigenvalue weighted by molar-refractivity contribution is -0.113. The molecule has 1 N–H and O–H groups in total. The van der Waals surface area contributed by atoms with Gasteiger partial charge in [-0.1, -0.05) is 102 Å². The molecule has 0 aliphatic carbocycles. The minimum absolute atomic E-state index is 0.152. The number of hydrogen-bond acceptors (Lipinski definition) is 7. The first-order valence-corrected chi connectivity index (χ1v) is 14.0. The van der Waals surface area contributed by atoms with Gasteiger partial charge in [-0.15, -0.1) is 10.2 Å². The van der Waals surface area contributed by atoms with E-state index in [0.29, 0.717) is 16.1 Å². The van der Waals surface area contributed by atoms with Gasteiger partial charge in [0.2, 0.25) is 5.91 Å². The van der Waals surface area contributed by atoms with Crippen molar-refractivity contribution in [2.75, 3.05) is 11.1 Å². The molecule has 6 rings (SSSR count). The topological polar surface area (TPSA) is 85.6 Å². The third kappa shape index (κ3) is 5.50. The summed E-state index contributed by atoms with van der Waals surface area (Å²) >= 11 is 2.79. The number of amides is 1. The Balaban J connectivity index is 1.24. The fraction of sp³-hybridized carbons (Fsp3) is 0.0333. The first-order chi connectivity index (χ1) is 19.3. The van der Waals surface area contributed by atoms with Gasteiger partial charge in [-0.3, -0.25) is 14.3 Å². The van der Waals surface area contributed by atoms with Gasteiger partial charge in [-0.25, -0.2) is 4.98 Å². The summed E-state index contributed by atoms with van der Waals surface area (Å²) in [5.41, 5.74) is 4.66. The molecule has 39 heavy (non-hydrogen) atoms. The Bertz CT molecular complexity index is 1630. The van der Waals surface area contributed by atoms with E-state index in [1.165, 1.54) is 23.1 Å². The molecule has 3 aromatic heterocycles. The van der Waals surface area contributed by atoms with Crippen LogP contribution in [0.2, 0.25) is 0 Å².